The van der Waals surface area contributed by atoms with Crippen LogP contribution in [-0.4, -0.2) is 29.2 Å². The highest BCUT2D eigenvalue weighted by atomic mass is 16.5. The summed E-state index contributed by atoms with van der Waals surface area (Å²) in [6.07, 6.45) is 1.65. The highest BCUT2D eigenvalue weighted by Crippen LogP contribution is 2.32. The standard InChI is InChI=1S/C20H18N6O2/c1-12-17-18(23-15-5-3-4-6-16(15)24-19(17)27)25-20(22-12)26-21-11-13-7-9-14(28-2)10-8-13/h3-11H,1-2H3,(H,24,27)(H2,22,23,25,26)/b21-11-. The Labute approximate surface area is 161 Å². The molecule has 0 bridgehead atoms. The molecule has 0 atom stereocenters. The van der Waals surface area contributed by atoms with Gasteiger partial charge in [0, 0.05) is 0 Å². The number of benzene rings is 2. The molecule has 140 valence electrons. The molecule has 0 radical (unpaired) electrons. The van der Waals surface area contributed by atoms with Crippen molar-refractivity contribution in [1.82, 2.24) is 9.97 Å². The van der Waals surface area contributed by atoms with Gasteiger partial charge >= 0.3 is 0 Å². The fourth-order valence-corrected chi connectivity index (χ4v) is 2.85. The minimum atomic E-state index is -0.252. The molecule has 0 unspecified atom stereocenters. The van der Waals surface area contributed by atoms with E-state index in [-0.39, 0.29) is 5.91 Å². The number of nitrogens with one attached hydrogen (secondary N) is 3. The average molecular weight is 374 g/mol. The van der Waals surface area contributed by atoms with Crippen molar-refractivity contribution in [2.24, 2.45) is 5.10 Å². The van der Waals surface area contributed by atoms with Gasteiger partial charge in [0.1, 0.15) is 17.1 Å². The Morgan fingerprint density at radius 3 is 2.46 bits per heavy atom. The van der Waals surface area contributed by atoms with Gasteiger partial charge in [0.25, 0.3) is 5.91 Å². The van der Waals surface area contributed by atoms with Crippen LogP contribution in [-0.2, 0) is 0 Å². The first-order valence-electron chi connectivity index (χ1n) is 8.63. The number of rotatable bonds is 4. The van der Waals surface area contributed by atoms with E-state index in [0.717, 1.165) is 17.0 Å². The predicted octanol–water partition coefficient (Wildman–Crippen LogP) is 3.55. The van der Waals surface area contributed by atoms with E-state index in [4.69, 9.17) is 4.74 Å². The van der Waals surface area contributed by atoms with Crippen LogP contribution in [0.1, 0.15) is 21.6 Å². The number of hydrogen-bond acceptors (Lipinski definition) is 7. The number of carbonyl (C=O) groups is 1. The van der Waals surface area contributed by atoms with Crippen LogP contribution < -0.4 is 20.8 Å². The maximum atomic E-state index is 12.6. The van der Waals surface area contributed by atoms with Crippen molar-refractivity contribution in [3.8, 4) is 5.75 Å². The fraction of sp³-hybridized carbons (Fsp3) is 0.100. The lowest BCUT2D eigenvalue weighted by atomic mass is 10.2. The lowest BCUT2D eigenvalue weighted by Crippen LogP contribution is -2.15. The predicted molar refractivity (Wildman–Crippen MR) is 109 cm³/mol. The van der Waals surface area contributed by atoms with E-state index in [2.05, 4.69) is 31.1 Å². The van der Waals surface area contributed by atoms with Crippen LogP contribution in [0, 0.1) is 6.92 Å². The number of anilines is 4. The summed E-state index contributed by atoms with van der Waals surface area (Å²) in [5.41, 5.74) is 6.12. The third kappa shape index (κ3) is 3.48. The number of aryl methyl sites for hydroxylation is 1. The molecule has 0 saturated carbocycles. The van der Waals surface area contributed by atoms with Crippen molar-refractivity contribution >= 4 is 35.3 Å². The van der Waals surface area contributed by atoms with Gasteiger partial charge in [-0.3, -0.25) is 4.79 Å². The van der Waals surface area contributed by atoms with Crippen molar-refractivity contribution in [2.75, 3.05) is 23.2 Å². The summed E-state index contributed by atoms with van der Waals surface area (Å²) in [6.45, 7) is 1.76. The number of fused-ring (bicyclic) bond motifs is 2. The van der Waals surface area contributed by atoms with Gasteiger partial charge in [-0.2, -0.15) is 10.1 Å². The molecule has 0 fully saturated rings. The molecule has 1 aliphatic rings. The van der Waals surface area contributed by atoms with Crippen LogP contribution >= 0.6 is 0 Å². The lowest BCUT2D eigenvalue weighted by molar-refractivity contribution is 0.102. The maximum Gasteiger partial charge on any atom is 0.261 e. The molecule has 1 aliphatic heterocycles. The molecular formula is C20H18N6O2. The van der Waals surface area contributed by atoms with Crippen LogP contribution in [0.3, 0.4) is 0 Å². The van der Waals surface area contributed by atoms with Crippen LogP contribution in [0.2, 0.25) is 0 Å². The number of hydrazone groups is 1. The van der Waals surface area contributed by atoms with Gasteiger partial charge in [0.2, 0.25) is 5.95 Å². The van der Waals surface area contributed by atoms with E-state index in [9.17, 15) is 4.79 Å². The highest BCUT2D eigenvalue weighted by Gasteiger charge is 2.23. The number of aromatic nitrogens is 2. The summed E-state index contributed by atoms with van der Waals surface area (Å²) < 4.78 is 5.13. The number of para-hydroxylation sites is 2. The Morgan fingerprint density at radius 2 is 1.75 bits per heavy atom. The molecule has 4 rings (SSSR count). The third-order valence-corrected chi connectivity index (χ3v) is 4.24. The van der Waals surface area contributed by atoms with Crippen LogP contribution in [0.4, 0.5) is 23.1 Å². The molecule has 8 heteroatoms. The average Bonchev–Trinajstić information content (AvgIpc) is 2.84. The Balaban J connectivity index is 1.58. The number of amides is 1. The van der Waals surface area contributed by atoms with E-state index in [1.807, 2.05) is 48.5 Å². The summed E-state index contributed by atoms with van der Waals surface area (Å²) in [5.74, 6) is 1.25. The van der Waals surface area contributed by atoms with E-state index in [0.29, 0.717) is 28.7 Å². The van der Waals surface area contributed by atoms with Crippen molar-refractivity contribution in [3.63, 3.8) is 0 Å². The minimum Gasteiger partial charge on any atom is -0.497 e. The molecule has 1 aromatic heterocycles. The second-order valence-electron chi connectivity index (χ2n) is 6.12. The maximum absolute atomic E-state index is 12.6. The molecular weight excluding hydrogens is 356 g/mol. The number of ether oxygens (including phenoxy) is 1. The van der Waals surface area contributed by atoms with E-state index < -0.39 is 0 Å². The molecule has 2 heterocycles. The topological polar surface area (TPSA) is 101 Å². The quantitative estimate of drug-likeness (QED) is 0.477. The second kappa shape index (κ2) is 7.36. The minimum absolute atomic E-state index is 0.252. The summed E-state index contributed by atoms with van der Waals surface area (Å²) in [7, 11) is 1.62. The van der Waals surface area contributed by atoms with Gasteiger partial charge in [0.05, 0.1) is 30.4 Å². The Kier molecular flexibility index (Phi) is 4.59. The first-order valence-corrected chi connectivity index (χ1v) is 8.63. The first kappa shape index (κ1) is 17.5. The third-order valence-electron chi connectivity index (χ3n) is 4.24. The largest absolute Gasteiger partial charge is 0.497 e. The number of methoxy groups -OCH3 is 1. The van der Waals surface area contributed by atoms with Gasteiger partial charge in [0.15, 0.2) is 0 Å². The Bertz CT molecular complexity index is 1060. The zero-order valence-corrected chi connectivity index (χ0v) is 15.4. The van der Waals surface area contributed by atoms with Gasteiger partial charge in [-0.05, 0) is 48.9 Å². The monoisotopic (exact) mass is 374 g/mol. The van der Waals surface area contributed by atoms with Gasteiger partial charge < -0.3 is 15.4 Å². The summed E-state index contributed by atoms with van der Waals surface area (Å²) in [6, 6.07) is 14.9. The highest BCUT2D eigenvalue weighted by molar-refractivity contribution is 6.12. The lowest BCUT2D eigenvalue weighted by Gasteiger charge is -2.10. The number of nitrogens with zero attached hydrogens (tertiary/aromatic N) is 3. The molecule has 0 aliphatic carbocycles. The van der Waals surface area contributed by atoms with E-state index in [1.165, 1.54) is 0 Å². The number of carbonyl (C=O) groups excluding carboxylic acids is 1. The smallest absolute Gasteiger partial charge is 0.261 e. The van der Waals surface area contributed by atoms with Crippen molar-refractivity contribution in [3.05, 3.63) is 65.4 Å². The van der Waals surface area contributed by atoms with Crippen molar-refractivity contribution in [2.45, 2.75) is 6.92 Å². The zero-order valence-electron chi connectivity index (χ0n) is 15.4. The van der Waals surface area contributed by atoms with E-state index >= 15 is 0 Å². The second-order valence-corrected chi connectivity index (χ2v) is 6.12. The molecule has 0 saturated heterocycles. The van der Waals surface area contributed by atoms with Gasteiger partial charge in [-0.15, -0.1) is 0 Å². The summed E-state index contributed by atoms with van der Waals surface area (Å²) in [5, 5.41) is 10.2. The van der Waals surface area contributed by atoms with Crippen LogP contribution in [0.25, 0.3) is 0 Å². The fourth-order valence-electron chi connectivity index (χ4n) is 2.85. The Morgan fingerprint density at radius 1 is 1.04 bits per heavy atom. The molecule has 0 spiro atoms. The number of hydrogen-bond donors (Lipinski definition) is 3. The van der Waals surface area contributed by atoms with Gasteiger partial charge in [-0.1, -0.05) is 12.1 Å². The summed E-state index contributed by atoms with van der Waals surface area (Å²) in [4.78, 5) is 21.3. The molecule has 2 aromatic carbocycles. The molecule has 28 heavy (non-hydrogen) atoms. The van der Waals surface area contributed by atoms with Crippen LogP contribution in [0.5, 0.6) is 5.75 Å². The first-order chi connectivity index (χ1) is 13.6. The molecule has 8 nitrogen and oxygen atoms in total. The van der Waals surface area contributed by atoms with E-state index in [1.54, 1.807) is 20.2 Å². The molecule has 1 amide bonds. The van der Waals surface area contributed by atoms with Crippen molar-refractivity contribution in [1.29, 1.82) is 0 Å². The molecule has 3 N–H and O–H groups in total. The Hall–Kier alpha value is -3.94. The SMILES string of the molecule is COc1ccc(/C=N\Nc2nc(C)c3c(n2)Nc2ccccc2NC3=O)cc1. The van der Waals surface area contributed by atoms with Crippen LogP contribution in [0.15, 0.2) is 53.6 Å². The van der Waals surface area contributed by atoms with Gasteiger partial charge in [-0.25, -0.2) is 10.4 Å². The van der Waals surface area contributed by atoms with Crippen molar-refractivity contribution < 1.29 is 9.53 Å². The zero-order chi connectivity index (χ0) is 19.5. The summed E-state index contributed by atoms with van der Waals surface area (Å²) >= 11 is 0. The normalized spacial score (nSPS) is 12.4. The molecule has 3 aromatic rings.